The van der Waals surface area contributed by atoms with Gasteiger partial charge in [-0.25, -0.2) is 4.39 Å². The first-order valence-electron chi connectivity index (χ1n) is 5.76. The van der Waals surface area contributed by atoms with Crippen molar-refractivity contribution >= 4 is 0 Å². The number of hydrogen-bond donors (Lipinski definition) is 1. The largest absolute Gasteiger partial charge is 0.496 e. The number of ether oxygens (including phenoxy) is 2. The molecular weight excluding hydrogens is 221 g/mol. The molecular formula is C13H18FNO2. The molecule has 1 aromatic carbocycles. The van der Waals surface area contributed by atoms with E-state index in [1.54, 1.807) is 13.2 Å². The van der Waals surface area contributed by atoms with Crippen LogP contribution in [0.2, 0.25) is 0 Å². The zero-order valence-electron chi connectivity index (χ0n) is 10.2. The summed E-state index contributed by atoms with van der Waals surface area (Å²) in [7, 11) is 1.59. The predicted molar refractivity (Wildman–Crippen MR) is 63.7 cm³/mol. The van der Waals surface area contributed by atoms with Crippen LogP contribution in [0.4, 0.5) is 4.39 Å². The maximum Gasteiger partial charge on any atom is 0.123 e. The molecule has 4 heteroatoms. The van der Waals surface area contributed by atoms with Crippen LogP contribution in [0.5, 0.6) is 5.75 Å². The molecule has 1 heterocycles. The van der Waals surface area contributed by atoms with E-state index in [0.717, 1.165) is 5.56 Å². The van der Waals surface area contributed by atoms with Gasteiger partial charge in [0, 0.05) is 11.0 Å². The van der Waals surface area contributed by atoms with Crippen molar-refractivity contribution < 1.29 is 13.9 Å². The number of rotatable bonds is 4. The highest BCUT2D eigenvalue weighted by molar-refractivity contribution is 5.42. The van der Waals surface area contributed by atoms with E-state index in [-0.39, 0.29) is 17.2 Å². The average molecular weight is 239 g/mol. The summed E-state index contributed by atoms with van der Waals surface area (Å²) in [5.74, 6) is 0.679. The number of benzene rings is 1. The molecule has 17 heavy (non-hydrogen) atoms. The SMILES string of the molecule is COc1ccc(F)cc1C1(C(C)CN)COC1. The first-order valence-corrected chi connectivity index (χ1v) is 5.76. The number of halogens is 1. The van der Waals surface area contributed by atoms with Gasteiger partial charge in [0.05, 0.1) is 20.3 Å². The van der Waals surface area contributed by atoms with Crippen LogP contribution in [0.25, 0.3) is 0 Å². The van der Waals surface area contributed by atoms with Crippen LogP contribution in [0.3, 0.4) is 0 Å². The van der Waals surface area contributed by atoms with Gasteiger partial charge in [-0.15, -0.1) is 0 Å². The van der Waals surface area contributed by atoms with Crippen molar-refractivity contribution in [2.24, 2.45) is 11.7 Å². The lowest BCUT2D eigenvalue weighted by atomic mass is 9.69. The topological polar surface area (TPSA) is 44.5 Å². The second-order valence-electron chi connectivity index (χ2n) is 4.63. The van der Waals surface area contributed by atoms with Gasteiger partial charge in [-0.05, 0) is 30.7 Å². The van der Waals surface area contributed by atoms with Gasteiger partial charge in [0.2, 0.25) is 0 Å². The summed E-state index contributed by atoms with van der Waals surface area (Å²) in [4.78, 5) is 0. The van der Waals surface area contributed by atoms with Gasteiger partial charge in [0.15, 0.2) is 0 Å². The van der Waals surface area contributed by atoms with Gasteiger partial charge >= 0.3 is 0 Å². The molecule has 0 saturated carbocycles. The third-order valence-corrected chi connectivity index (χ3v) is 3.71. The smallest absolute Gasteiger partial charge is 0.123 e. The zero-order chi connectivity index (χ0) is 12.5. The van der Waals surface area contributed by atoms with Crippen LogP contribution in [0.1, 0.15) is 12.5 Å². The Morgan fingerprint density at radius 1 is 1.53 bits per heavy atom. The van der Waals surface area contributed by atoms with E-state index in [1.165, 1.54) is 12.1 Å². The summed E-state index contributed by atoms with van der Waals surface area (Å²) in [6.07, 6.45) is 0. The van der Waals surface area contributed by atoms with E-state index in [2.05, 4.69) is 6.92 Å². The van der Waals surface area contributed by atoms with Crippen molar-refractivity contribution in [3.63, 3.8) is 0 Å². The fourth-order valence-electron chi connectivity index (χ4n) is 2.32. The Bertz CT molecular complexity index is 404. The minimum Gasteiger partial charge on any atom is -0.496 e. The Kier molecular flexibility index (Phi) is 3.35. The van der Waals surface area contributed by atoms with Crippen LogP contribution in [0, 0.1) is 11.7 Å². The van der Waals surface area contributed by atoms with E-state index in [4.69, 9.17) is 15.2 Å². The van der Waals surface area contributed by atoms with Gasteiger partial charge in [0.1, 0.15) is 11.6 Å². The number of nitrogens with two attached hydrogens (primary N) is 1. The first kappa shape index (κ1) is 12.3. The van der Waals surface area contributed by atoms with Crippen LogP contribution in [0.15, 0.2) is 18.2 Å². The molecule has 2 rings (SSSR count). The maximum atomic E-state index is 13.4. The summed E-state index contributed by atoms with van der Waals surface area (Å²) in [5.41, 5.74) is 6.40. The molecule has 1 aromatic rings. The predicted octanol–water partition coefficient (Wildman–Crippen LogP) is 1.70. The molecule has 1 aliphatic heterocycles. The van der Waals surface area contributed by atoms with Gasteiger partial charge in [-0.1, -0.05) is 6.92 Å². The lowest BCUT2D eigenvalue weighted by Gasteiger charge is -2.46. The summed E-state index contributed by atoms with van der Waals surface area (Å²) >= 11 is 0. The fourth-order valence-corrected chi connectivity index (χ4v) is 2.32. The third kappa shape index (κ3) is 1.91. The van der Waals surface area contributed by atoms with Crippen LogP contribution < -0.4 is 10.5 Å². The Labute approximate surface area is 101 Å². The fraction of sp³-hybridized carbons (Fsp3) is 0.538. The molecule has 1 fully saturated rings. The van der Waals surface area contributed by atoms with Crippen LogP contribution in [-0.4, -0.2) is 26.9 Å². The summed E-state index contributed by atoms with van der Waals surface area (Å²) in [6, 6.07) is 4.60. The van der Waals surface area contributed by atoms with Crippen molar-refractivity contribution in [2.75, 3.05) is 26.9 Å². The summed E-state index contributed by atoms with van der Waals surface area (Å²) in [6.45, 7) is 3.76. The van der Waals surface area contributed by atoms with Crippen molar-refractivity contribution in [3.8, 4) is 5.75 Å². The molecule has 0 radical (unpaired) electrons. The molecule has 0 spiro atoms. The number of methoxy groups -OCH3 is 1. The van der Waals surface area contributed by atoms with Gasteiger partial charge in [-0.2, -0.15) is 0 Å². The molecule has 3 nitrogen and oxygen atoms in total. The molecule has 2 N–H and O–H groups in total. The second kappa shape index (κ2) is 4.63. The zero-order valence-corrected chi connectivity index (χ0v) is 10.2. The highest BCUT2D eigenvalue weighted by Crippen LogP contribution is 2.43. The quantitative estimate of drug-likeness (QED) is 0.869. The van der Waals surface area contributed by atoms with E-state index in [9.17, 15) is 4.39 Å². The highest BCUT2D eigenvalue weighted by Gasteiger charge is 2.46. The van der Waals surface area contributed by atoms with Gasteiger partial charge in [-0.3, -0.25) is 0 Å². The third-order valence-electron chi connectivity index (χ3n) is 3.71. The Balaban J connectivity index is 2.46. The normalized spacial score (nSPS) is 19.5. The number of hydrogen-bond acceptors (Lipinski definition) is 3. The molecule has 0 aliphatic carbocycles. The molecule has 1 unspecified atom stereocenters. The van der Waals surface area contributed by atoms with Crippen molar-refractivity contribution in [1.29, 1.82) is 0 Å². The first-order chi connectivity index (χ1) is 8.14. The lowest BCUT2D eigenvalue weighted by Crippen LogP contribution is -2.53. The van der Waals surface area contributed by atoms with Crippen molar-refractivity contribution in [2.45, 2.75) is 12.3 Å². The molecule has 0 aromatic heterocycles. The van der Waals surface area contributed by atoms with E-state index >= 15 is 0 Å². The standard InChI is InChI=1S/C13H18FNO2/c1-9(6-15)13(7-17-8-13)11-5-10(14)3-4-12(11)16-2/h3-5,9H,6-8,15H2,1-2H3. The van der Waals surface area contributed by atoms with Crippen LogP contribution >= 0.6 is 0 Å². The molecule has 1 aliphatic rings. The summed E-state index contributed by atoms with van der Waals surface area (Å²) in [5, 5.41) is 0. The van der Waals surface area contributed by atoms with E-state index < -0.39 is 0 Å². The maximum absolute atomic E-state index is 13.4. The monoisotopic (exact) mass is 239 g/mol. The lowest BCUT2D eigenvalue weighted by molar-refractivity contribution is -0.0863. The van der Waals surface area contributed by atoms with Gasteiger partial charge < -0.3 is 15.2 Å². The molecule has 1 saturated heterocycles. The van der Waals surface area contributed by atoms with Crippen molar-refractivity contribution in [1.82, 2.24) is 0 Å². The Morgan fingerprint density at radius 2 is 2.24 bits per heavy atom. The van der Waals surface area contributed by atoms with Crippen molar-refractivity contribution in [3.05, 3.63) is 29.6 Å². The average Bonchev–Trinajstić information content (AvgIpc) is 2.27. The Morgan fingerprint density at radius 3 is 2.71 bits per heavy atom. The van der Waals surface area contributed by atoms with E-state index in [1.807, 2.05) is 0 Å². The van der Waals surface area contributed by atoms with E-state index in [0.29, 0.717) is 25.5 Å². The molecule has 0 amide bonds. The summed E-state index contributed by atoms with van der Waals surface area (Å²) < 4.78 is 24.0. The van der Waals surface area contributed by atoms with Crippen LogP contribution in [-0.2, 0) is 10.2 Å². The minimum absolute atomic E-state index is 0.206. The highest BCUT2D eigenvalue weighted by atomic mass is 19.1. The molecule has 94 valence electrons. The second-order valence-corrected chi connectivity index (χ2v) is 4.63. The molecule has 1 atom stereocenters. The van der Waals surface area contributed by atoms with Gasteiger partial charge in [0.25, 0.3) is 0 Å². The minimum atomic E-state index is -0.253. The Hall–Kier alpha value is -1.13. The molecule has 0 bridgehead atoms.